The highest BCUT2D eigenvalue weighted by atomic mass is 32.1. The maximum Gasteiger partial charge on any atom is 0.248 e. The summed E-state index contributed by atoms with van der Waals surface area (Å²) < 4.78 is 5.84. The van der Waals surface area contributed by atoms with Crippen LogP contribution >= 0.6 is 11.3 Å². The summed E-state index contributed by atoms with van der Waals surface area (Å²) >= 11 is 1.63. The molecular weight excluding hydrogens is 298 g/mol. The molecule has 0 atom stereocenters. The fraction of sp³-hybridized carbons (Fsp3) is 0.562. The lowest BCUT2D eigenvalue weighted by molar-refractivity contribution is -0.117. The zero-order valence-electron chi connectivity index (χ0n) is 12.8. The van der Waals surface area contributed by atoms with E-state index in [9.17, 15) is 4.79 Å². The number of ketones is 1. The van der Waals surface area contributed by atoms with E-state index < -0.39 is 0 Å². The van der Waals surface area contributed by atoms with Crippen LogP contribution in [0, 0.1) is 0 Å². The van der Waals surface area contributed by atoms with Gasteiger partial charge in [-0.2, -0.15) is 11.3 Å². The molecule has 2 aromatic heterocycles. The summed E-state index contributed by atoms with van der Waals surface area (Å²) in [5.74, 6) is 2.04. The molecule has 3 rings (SSSR count). The van der Waals surface area contributed by atoms with E-state index in [0.717, 1.165) is 50.4 Å². The molecular formula is C16H21N3O2S. The Labute approximate surface area is 134 Å². The van der Waals surface area contributed by atoms with E-state index in [-0.39, 0.29) is 5.78 Å². The lowest BCUT2D eigenvalue weighted by Gasteiger charge is -2.30. The second kappa shape index (κ2) is 7.15. The van der Waals surface area contributed by atoms with Gasteiger partial charge in [0.1, 0.15) is 5.78 Å². The van der Waals surface area contributed by atoms with Crippen molar-refractivity contribution in [3.05, 3.63) is 22.7 Å². The summed E-state index contributed by atoms with van der Waals surface area (Å²) in [7, 11) is 0. The Balaban J connectivity index is 1.50. The first-order valence-corrected chi connectivity index (χ1v) is 8.74. The highest BCUT2D eigenvalue weighted by Gasteiger charge is 2.25. The lowest BCUT2D eigenvalue weighted by Crippen LogP contribution is -2.33. The zero-order chi connectivity index (χ0) is 15.4. The van der Waals surface area contributed by atoms with Crippen molar-refractivity contribution in [2.75, 3.05) is 19.6 Å². The number of hydrogen-bond acceptors (Lipinski definition) is 6. The number of aromatic nitrogens is 2. The minimum atomic E-state index is 0.279. The normalized spacial score (nSPS) is 17.0. The molecule has 3 heterocycles. The number of carbonyl (C=O) groups is 1. The van der Waals surface area contributed by atoms with Crippen LogP contribution in [-0.2, 0) is 4.79 Å². The number of hydrogen-bond donors (Lipinski definition) is 0. The third kappa shape index (κ3) is 3.81. The van der Waals surface area contributed by atoms with Gasteiger partial charge in [-0.15, -0.1) is 10.2 Å². The third-order valence-electron chi connectivity index (χ3n) is 4.15. The Bertz CT molecular complexity index is 601. The molecule has 0 aromatic carbocycles. The van der Waals surface area contributed by atoms with Crippen molar-refractivity contribution >= 4 is 17.1 Å². The summed E-state index contributed by atoms with van der Waals surface area (Å²) in [5.41, 5.74) is 1.01. The van der Waals surface area contributed by atoms with Gasteiger partial charge in [-0.05, 0) is 57.3 Å². The lowest BCUT2D eigenvalue weighted by atomic mass is 9.96. The summed E-state index contributed by atoms with van der Waals surface area (Å²) in [5, 5.41) is 12.4. The number of rotatable bonds is 6. The summed E-state index contributed by atoms with van der Waals surface area (Å²) in [4.78, 5) is 13.4. The van der Waals surface area contributed by atoms with Gasteiger partial charge < -0.3 is 14.1 Å². The molecule has 0 amide bonds. The molecule has 0 radical (unpaired) electrons. The molecule has 0 saturated carbocycles. The minimum Gasteiger partial charge on any atom is -0.420 e. The molecule has 1 saturated heterocycles. The van der Waals surface area contributed by atoms with Crippen LogP contribution in [0.25, 0.3) is 11.5 Å². The predicted octanol–water partition coefficient (Wildman–Crippen LogP) is 3.35. The SMILES string of the molecule is CC(=O)CCCN1CCC(c2nnc(-c3ccsc3)o2)CC1. The summed E-state index contributed by atoms with van der Waals surface area (Å²) in [6.07, 6.45) is 3.74. The van der Waals surface area contributed by atoms with Crippen LogP contribution in [0.5, 0.6) is 0 Å². The highest BCUT2D eigenvalue weighted by Crippen LogP contribution is 2.29. The van der Waals surface area contributed by atoms with Crippen molar-refractivity contribution in [2.45, 2.75) is 38.5 Å². The highest BCUT2D eigenvalue weighted by molar-refractivity contribution is 7.08. The molecule has 6 heteroatoms. The second-order valence-electron chi connectivity index (χ2n) is 5.88. The summed E-state index contributed by atoms with van der Waals surface area (Å²) in [6, 6.07) is 2.00. The van der Waals surface area contributed by atoms with Crippen molar-refractivity contribution in [2.24, 2.45) is 0 Å². The number of piperidine rings is 1. The molecule has 1 aliphatic rings. The van der Waals surface area contributed by atoms with E-state index in [1.165, 1.54) is 0 Å². The van der Waals surface area contributed by atoms with Crippen LogP contribution in [0.4, 0.5) is 0 Å². The number of carbonyl (C=O) groups excluding carboxylic acids is 1. The van der Waals surface area contributed by atoms with E-state index in [0.29, 0.717) is 18.2 Å². The molecule has 0 bridgehead atoms. The Kier molecular flexibility index (Phi) is 5.00. The van der Waals surface area contributed by atoms with E-state index in [2.05, 4.69) is 15.1 Å². The maximum absolute atomic E-state index is 11.0. The van der Waals surface area contributed by atoms with Gasteiger partial charge in [-0.25, -0.2) is 0 Å². The van der Waals surface area contributed by atoms with Crippen molar-refractivity contribution in [3.63, 3.8) is 0 Å². The smallest absolute Gasteiger partial charge is 0.248 e. The van der Waals surface area contributed by atoms with E-state index in [4.69, 9.17) is 4.42 Å². The molecule has 1 fully saturated rings. The van der Waals surface area contributed by atoms with Crippen LogP contribution in [0.2, 0.25) is 0 Å². The van der Waals surface area contributed by atoms with Crippen molar-refractivity contribution < 1.29 is 9.21 Å². The van der Waals surface area contributed by atoms with Crippen molar-refractivity contribution in [1.82, 2.24) is 15.1 Å². The molecule has 0 aliphatic carbocycles. The number of thiophene rings is 1. The Morgan fingerprint density at radius 1 is 1.41 bits per heavy atom. The average molecular weight is 319 g/mol. The maximum atomic E-state index is 11.0. The Hall–Kier alpha value is -1.53. The topological polar surface area (TPSA) is 59.2 Å². The van der Waals surface area contributed by atoms with E-state index in [1.807, 2.05) is 16.8 Å². The van der Waals surface area contributed by atoms with E-state index >= 15 is 0 Å². The largest absolute Gasteiger partial charge is 0.420 e. The van der Waals surface area contributed by atoms with Gasteiger partial charge in [-0.1, -0.05) is 0 Å². The fourth-order valence-corrected chi connectivity index (χ4v) is 3.49. The molecule has 5 nitrogen and oxygen atoms in total. The Morgan fingerprint density at radius 2 is 2.23 bits per heavy atom. The monoisotopic (exact) mass is 319 g/mol. The van der Waals surface area contributed by atoms with Gasteiger partial charge >= 0.3 is 0 Å². The first-order valence-electron chi connectivity index (χ1n) is 7.80. The van der Waals surface area contributed by atoms with Gasteiger partial charge in [0.25, 0.3) is 0 Å². The van der Waals surface area contributed by atoms with Gasteiger partial charge in [-0.3, -0.25) is 0 Å². The minimum absolute atomic E-state index is 0.279. The fourth-order valence-electron chi connectivity index (χ4n) is 2.86. The van der Waals surface area contributed by atoms with Gasteiger partial charge in [0.15, 0.2) is 0 Å². The standard InChI is InChI=1S/C16H21N3O2S/c1-12(20)3-2-7-19-8-4-13(5-9-19)15-17-18-16(21-15)14-6-10-22-11-14/h6,10-11,13H,2-5,7-9H2,1H3. The molecule has 0 N–H and O–H groups in total. The molecule has 22 heavy (non-hydrogen) atoms. The van der Waals surface area contributed by atoms with Crippen LogP contribution in [-0.4, -0.2) is 40.5 Å². The van der Waals surface area contributed by atoms with Crippen LogP contribution in [0.3, 0.4) is 0 Å². The van der Waals surface area contributed by atoms with Crippen LogP contribution in [0.15, 0.2) is 21.2 Å². The van der Waals surface area contributed by atoms with Gasteiger partial charge in [0.2, 0.25) is 11.8 Å². The Morgan fingerprint density at radius 3 is 2.91 bits per heavy atom. The molecule has 118 valence electrons. The van der Waals surface area contributed by atoms with Gasteiger partial charge in [0, 0.05) is 23.3 Å². The second-order valence-corrected chi connectivity index (χ2v) is 6.66. The quantitative estimate of drug-likeness (QED) is 0.817. The number of likely N-dealkylation sites (tertiary alicyclic amines) is 1. The average Bonchev–Trinajstić information content (AvgIpc) is 3.19. The van der Waals surface area contributed by atoms with Crippen LogP contribution < -0.4 is 0 Å². The number of nitrogens with zero attached hydrogens (tertiary/aromatic N) is 3. The molecule has 0 unspecified atom stereocenters. The van der Waals surface area contributed by atoms with Crippen molar-refractivity contribution in [3.8, 4) is 11.5 Å². The first-order chi connectivity index (χ1) is 10.7. The predicted molar refractivity (Wildman–Crippen MR) is 85.9 cm³/mol. The van der Waals surface area contributed by atoms with Crippen LogP contribution in [0.1, 0.15) is 44.4 Å². The zero-order valence-corrected chi connectivity index (χ0v) is 13.6. The van der Waals surface area contributed by atoms with Crippen molar-refractivity contribution in [1.29, 1.82) is 0 Å². The summed E-state index contributed by atoms with van der Waals surface area (Å²) in [6.45, 7) is 4.75. The first kappa shape index (κ1) is 15.4. The molecule has 1 aliphatic heterocycles. The molecule has 0 spiro atoms. The molecule has 2 aromatic rings. The van der Waals surface area contributed by atoms with E-state index in [1.54, 1.807) is 18.3 Å². The third-order valence-corrected chi connectivity index (χ3v) is 4.83. The van der Waals surface area contributed by atoms with Gasteiger partial charge in [0.05, 0.1) is 0 Å². The number of Topliss-reactive ketones (excluding diaryl/α,β-unsaturated/α-hetero) is 1.